The van der Waals surface area contributed by atoms with Gasteiger partial charge in [-0.3, -0.25) is 10.1 Å². The van der Waals surface area contributed by atoms with Crippen molar-refractivity contribution in [2.75, 3.05) is 20.3 Å². The van der Waals surface area contributed by atoms with Crippen molar-refractivity contribution in [3.8, 4) is 17.6 Å². The number of primary amides is 1. The van der Waals surface area contributed by atoms with Crippen molar-refractivity contribution < 1.29 is 14.3 Å². The number of nitrogens with zero attached hydrogens (tertiary/aromatic N) is 1. The van der Waals surface area contributed by atoms with E-state index in [9.17, 15) is 10.1 Å². The first kappa shape index (κ1) is 16.8. The quantitative estimate of drug-likeness (QED) is 0.710. The summed E-state index contributed by atoms with van der Waals surface area (Å²) in [6.45, 7) is 3.74. The Labute approximate surface area is 128 Å². The lowest BCUT2D eigenvalue weighted by atomic mass is 10.1. The monoisotopic (exact) mass is 309 g/mol. The number of amides is 1. The van der Waals surface area contributed by atoms with E-state index in [1.54, 1.807) is 18.2 Å². The predicted molar refractivity (Wildman–Crippen MR) is 79.2 cm³/mol. The molecule has 0 heterocycles. The summed E-state index contributed by atoms with van der Waals surface area (Å²) in [6.07, 6.45) is 1.65. The zero-order chi connectivity index (χ0) is 15.8. The normalized spacial score (nSPS) is 11.3. The standard InChI is InChI=1S/C14H16ClN3O3/c1-3-4-18-11(7-16)9-5-10(15)14(12(6-9)20-2)21-8-13(17)19/h3,5-6,11,18H,1,4,8H2,2H3,(H2,17,19). The van der Waals surface area contributed by atoms with Gasteiger partial charge in [-0.15, -0.1) is 6.58 Å². The van der Waals surface area contributed by atoms with Crippen molar-refractivity contribution in [3.63, 3.8) is 0 Å². The minimum atomic E-state index is -0.625. The van der Waals surface area contributed by atoms with Gasteiger partial charge < -0.3 is 15.2 Å². The summed E-state index contributed by atoms with van der Waals surface area (Å²) in [7, 11) is 1.44. The molecule has 0 bridgehead atoms. The van der Waals surface area contributed by atoms with Crippen LogP contribution in [0.5, 0.6) is 11.5 Å². The number of halogens is 1. The van der Waals surface area contributed by atoms with E-state index in [0.29, 0.717) is 17.9 Å². The maximum absolute atomic E-state index is 10.8. The molecule has 0 aliphatic carbocycles. The van der Waals surface area contributed by atoms with Gasteiger partial charge in [0.05, 0.1) is 18.2 Å². The van der Waals surface area contributed by atoms with Crippen LogP contribution in [0.25, 0.3) is 0 Å². The summed E-state index contributed by atoms with van der Waals surface area (Å²) in [5.74, 6) is -0.0960. The minimum Gasteiger partial charge on any atom is -0.493 e. The lowest BCUT2D eigenvalue weighted by Crippen LogP contribution is -2.21. The molecule has 0 radical (unpaired) electrons. The third-order valence-electron chi connectivity index (χ3n) is 2.54. The Bertz CT molecular complexity index is 569. The molecule has 0 aliphatic rings. The van der Waals surface area contributed by atoms with Crippen LogP contribution < -0.4 is 20.5 Å². The highest BCUT2D eigenvalue weighted by Crippen LogP contribution is 2.37. The number of carbonyl (C=O) groups excluding carboxylic acids is 1. The lowest BCUT2D eigenvalue weighted by Gasteiger charge is -2.16. The van der Waals surface area contributed by atoms with E-state index in [1.165, 1.54) is 7.11 Å². The number of hydrogen-bond donors (Lipinski definition) is 2. The molecule has 1 amide bonds. The highest BCUT2D eigenvalue weighted by Gasteiger charge is 2.17. The number of rotatable bonds is 8. The smallest absolute Gasteiger partial charge is 0.255 e. The summed E-state index contributed by atoms with van der Waals surface area (Å²) >= 11 is 6.12. The molecule has 1 unspecified atom stereocenters. The van der Waals surface area contributed by atoms with Crippen molar-refractivity contribution in [1.29, 1.82) is 5.26 Å². The Hall–Kier alpha value is -2.23. The number of carbonyl (C=O) groups is 1. The van der Waals surface area contributed by atoms with Crippen LogP contribution >= 0.6 is 11.6 Å². The van der Waals surface area contributed by atoms with Crippen LogP contribution in [0.15, 0.2) is 24.8 Å². The molecule has 7 heteroatoms. The molecule has 0 spiro atoms. The molecule has 21 heavy (non-hydrogen) atoms. The van der Waals surface area contributed by atoms with Crippen LogP contribution in [-0.4, -0.2) is 26.2 Å². The van der Waals surface area contributed by atoms with Gasteiger partial charge in [-0.1, -0.05) is 17.7 Å². The molecule has 0 aromatic heterocycles. The van der Waals surface area contributed by atoms with Gasteiger partial charge in [-0.05, 0) is 17.7 Å². The van der Waals surface area contributed by atoms with Crippen molar-refractivity contribution in [1.82, 2.24) is 5.32 Å². The Kier molecular flexibility index (Phi) is 6.53. The summed E-state index contributed by atoms with van der Waals surface area (Å²) in [4.78, 5) is 10.8. The van der Waals surface area contributed by atoms with Gasteiger partial charge in [0.2, 0.25) is 0 Å². The molecule has 1 aromatic carbocycles. The molecule has 1 aromatic rings. The molecule has 3 N–H and O–H groups in total. The van der Waals surface area contributed by atoms with Crippen LogP contribution in [0, 0.1) is 11.3 Å². The van der Waals surface area contributed by atoms with Gasteiger partial charge in [-0.25, -0.2) is 0 Å². The molecule has 0 aliphatic heterocycles. The maximum Gasteiger partial charge on any atom is 0.255 e. The molecule has 0 saturated carbocycles. The first-order valence-corrected chi connectivity index (χ1v) is 6.43. The molecule has 0 fully saturated rings. The first-order valence-electron chi connectivity index (χ1n) is 6.05. The Morgan fingerprint density at radius 2 is 2.38 bits per heavy atom. The van der Waals surface area contributed by atoms with Gasteiger partial charge >= 0.3 is 0 Å². The number of methoxy groups -OCH3 is 1. The molecule has 112 valence electrons. The van der Waals surface area contributed by atoms with Crippen LogP contribution in [0.4, 0.5) is 0 Å². The van der Waals surface area contributed by atoms with Crippen molar-refractivity contribution in [2.45, 2.75) is 6.04 Å². The zero-order valence-corrected chi connectivity index (χ0v) is 12.3. The van der Waals surface area contributed by atoms with Crippen molar-refractivity contribution in [3.05, 3.63) is 35.4 Å². The molecular formula is C14H16ClN3O3. The predicted octanol–water partition coefficient (Wildman–Crippen LogP) is 1.55. The zero-order valence-electron chi connectivity index (χ0n) is 11.6. The summed E-state index contributed by atoms with van der Waals surface area (Å²) in [5, 5.41) is 12.4. The molecular weight excluding hydrogens is 294 g/mol. The van der Waals surface area contributed by atoms with Gasteiger partial charge in [-0.2, -0.15) is 5.26 Å². The molecule has 6 nitrogen and oxygen atoms in total. The van der Waals surface area contributed by atoms with Crippen LogP contribution in [-0.2, 0) is 4.79 Å². The molecule has 0 saturated heterocycles. The van der Waals surface area contributed by atoms with E-state index in [0.717, 1.165) is 0 Å². The Morgan fingerprint density at radius 1 is 1.67 bits per heavy atom. The Morgan fingerprint density at radius 3 is 2.90 bits per heavy atom. The number of nitrogens with two attached hydrogens (primary N) is 1. The lowest BCUT2D eigenvalue weighted by molar-refractivity contribution is -0.119. The third kappa shape index (κ3) is 4.67. The topological polar surface area (TPSA) is 97.4 Å². The maximum atomic E-state index is 10.8. The third-order valence-corrected chi connectivity index (χ3v) is 2.82. The number of ether oxygens (including phenoxy) is 2. The van der Waals surface area contributed by atoms with E-state index in [4.69, 9.17) is 26.8 Å². The van der Waals surface area contributed by atoms with Crippen LogP contribution in [0.1, 0.15) is 11.6 Å². The molecule has 1 atom stereocenters. The average molecular weight is 310 g/mol. The van der Waals surface area contributed by atoms with Crippen LogP contribution in [0.2, 0.25) is 5.02 Å². The van der Waals surface area contributed by atoms with Gasteiger partial charge in [0, 0.05) is 6.54 Å². The van der Waals surface area contributed by atoms with Gasteiger partial charge in [0.1, 0.15) is 6.04 Å². The second-order valence-electron chi connectivity index (χ2n) is 4.05. The fourth-order valence-corrected chi connectivity index (χ4v) is 1.90. The SMILES string of the molecule is C=CCNC(C#N)c1cc(Cl)c(OCC(N)=O)c(OC)c1. The summed E-state index contributed by atoms with van der Waals surface area (Å²) < 4.78 is 10.4. The van der Waals surface area contributed by atoms with Crippen LogP contribution in [0.3, 0.4) is 0 Å². The molecule has 1 rings (SSSR count). The average Bonchev–Trinajstić information content (AvgIpc) is 2.46. The van der Waals surface area contributed by atoms with Crippen molar-refractivity contribution >= 4 is 17.5 Å². The van der Waals surface area contributed by atoms with E-state index in [-0.39, 0.29) is 17.4 Å². The number of nitrogens with one attached hydrogen (secondary N) is 1. The Balaban J connectivity index is 3.09. The van der Waals surface area contributed by atoms with E-state index >= 15 is 0 Å². The highest BCUT2D eigenvalue weighted by atomic mass is 35.5. The van der Waals surface area contributed by atoms with Crippen molar-refractivity contribution in [2.24, 2.45) is 5.73 Å². The largest absolute Gasteiger partial charge is 0.493 e. The van der Waals surface area contributed by atoms with E-state index in [1.807, 2.05) is 0 Å². The fraction of sp³-hybridized carbons (Fsp3) is 0.286. The number of nitriles is 1. The highest BCUT2D eigenvalue weighted by molar-refractivity contribution is 6.32. The second-order valence-corrected chi connectivity index (χ2v) is 4.46. The minimum absolute atomic E-state index is 0.210. The summed E-state index contributed by atoms with van der Waals surface area (Å²) in [5.41, 5.74) is 5.64. The van der Waals surface area contributed by atoms with Gasteiger partial charge in [0.25, 0.3) is 5.91 Å². The summed E-state index contributed by atoms with van der Waals surface area (Å²) in [6, 6.07) is 4.73. The number of benzene rings is 1. The fourth-order valence-electron chi connectivity index (χ4n) is 1.63. The first-order chi connectivity index (χ1) is 10.0. The second kappa shape index (κ2) is 8.15. The van der Waals surface area contributed by atoms with Gasteiger partial charge in [0.15, 0.2) is 18.1 Å². The van der Waals surface area contributed by atoms with E-state index in [2.05, 4.69) is 18.0 Å². The number of hydrogen-bond acceptors (Lipinski definition) is 5. The van der Waals surface area contributed by atoms with E-state index < -0.39 is 11.9 Å².